The topological polar surface area (TPSA) is 43.5 Å². The molecule has 6 nitrogen and oxygen atoms in total. The first kappa shape index (κ1) is 33.7. The van der Waals surface area contributed by atoms with Gasteiger partial charge in [-0.2, -0.15) is 4.58 Å². The molecule has 0 unspecified atom stereocenters. The summed E-state index contributed by atoms with van der Waals surface area (Å²) in [5.41, 5.74) is 8.04. The van der Waals surface area contributed by atoms with Crippen LogP contribution in [-0.4, -0.2) is 97.8 Å². The molecule has 2 heterocycles. The van der Waals surface area contributed by atoms with E-state index in [1.54, 1.807) is 0 Å². The minimum atomic E-state index is -0.711. The van der Waals surface area contributed by atoms with Crippen molar-refractivity contribution in [2.75, 3.05) is 72.4 Å². The molecule has 238 valence electrons. The van der Waals surface area contributed by atoms with Gasteiger partial charge in [0.2, 0.25) is 5.69 Å². The molecular formula is C38H57N4O2+3. The highest BCUT2D eigenvalue weighted by Gasteiger charge is 2.44. The molecule has 0 atom stereocenters. The number of rotatable bonds is 14. The molecule has 0 fully saturated rings. The Labute approximate surface area is 266 Å². The molecule has 0 bridgehead atoms. The molecule has 2 aromatic rings. The van der Waals surface area contributed by atoms with Crippen molar-refractivity contribution in [1.82, 2.24) is 0 Å². The van der Waals surface area contributed by atoms with Crippen LogP contribution in [0.1, 0.15) is 65.0 Å². The third kappa shape index (κ3) is 7.18. The molecular weight excluding hydrogens is 544 g/mol. The van der Waals surface area contributed by atoms with Crippen LogP contribution >= 0.6 is 0 Å². The summed E-state index contributed by atoms with van der Waals surface area (Å²) in [5.74, 6) is -0.711. The van der Waals surface area contributed by atoms with Crippen LogP contribution in [0.5, 0.6) is 0 Å². The van der Waals surface area contributed by atoms with Crippen LogP contribution in [0.3, 0.4) is 0 Å². The van der Waals surface area contributed by atoms with Crippen LogP contribution in [0, 0.1) is 0 Å². The zero-order valence-electron chi connectivity index (χ0n) is 28.9. The standard InChI is InChI=1S/C38H56N4O2/c1-10-39-32-20-13-11-18-30(32)37(2,3)34(39)22-15-23-35-38(4,5)31-19-12-14-21-33(31)40(35)25-16-26-41(6,7)27-17-28-42(8,9)29-24-36(43)44/h11-15,18-23H,10,16-17,24-29H2,1-9H3/q+2/p+1. The number of hydrogen-bond acceptors (Lipinski definition) is 2. The molecule has 2 aliphatic heterocycles. The van der Waals surface area contributed by atoms with E-state index >= 15 is 0 Å². The maximum absolute atomic E-state index is 11.0. The molecule has 0 radical (unpaired) electrons. The number of quaternary nitrogens is 2. The van der Waals surface area contributed by atoms with E-state index < -0.39 is 5.97 Å². The van der Waals surface area contributed by atoms with Crippen molar-refractivity contribution in [3.63, 3.8) is 0 Å². The SMILES string of the molecule is CCN1/C(=C/C=C/C2=[N+](CCC[N+](C)(C)CCC[N+](C)(C)CCC(=O)O)c3ccccc3C2(C)C)C(C)(C)c2ccccc21. The molecule has 0 aliphatic carbocycles. The number of carbonyl (C=O) groups is 1. The van der Waals surface area contributed by atoms with E-state index in [2.05, 4.69) is 139 Å². The molecule has 1 N–H and O–H groups in total. The second kappa shape index (κ2) is 13.0. The molecule has 2 aliphatic rings. The zero-order valence-corrected chi connectivity index (χ0v) is 28.9. The molecule has 6 heteroatoms. The first-order valence-corrected chi connectivity index (χ1v) is 16.5. The first-order chi connectivity index (χ1) is 20.6. The van der Waals surface area contributed by atoms with Crippen LogP contribution < -0.4 is 4.90 Å². The van der Waals surface area contributed by atoms with Crippen LogP contribution in [0.15, 0.2) is 72.5 Å². The largest absolute Gasteiger partial charge is 0.481 e. The van der Waals surface area contributed by atoms with Crippen LogP contribution in [0.4, 0.5) is 11.4 Å². The number of fused-ring (bicyclic) bond motifs is 2. The van der Waals surface area contributed by atoms with E-state index in [-0.39, 0.29) is 17.3 Å². The van der Waals surface area contributed by atoms with Crippen molar-refractivity contribution in [2.24, 2.45) is 0 Å². The summed E-state index contributed by atoms with van der Waals surface area (Å²) < 4.78 is 4.28. The van der Waals surface area contributed by atoms with Gasteiger partial charge in [0.15, 0.2) is 12.3 Å². The lowest BCUT2D eigenvalue weighted by Crippen LogP contribution is -2.46. The normalized spacial score (nSPS) is 18.4. The van der Waals surface area contributed by atoms with Gasteiger partial charge in [-0.05, 0) is 38.5 Å². The number of aliphatic carboxylic acids is 1. The third-order valence-electron chi connectivity index (χ3n) is 10.0. The van der Waals surface area contributed by atoms with Gasteiger partial charge in [-0.15, -0.1) is 0 Å². The minimum absolute atomic E-state index is 0.0384. The van der Waals surface area contributed by atoms with Gasteiger partial charge in [-0.25, -0.2) is 0 Å². The molecule has 0 spiro atoms. The Hall–Kier alpha value is -3.22. The number of hydrogen-bond donors (Lipinski definition) is 1. The number of carboxylic acids is 1. The molecule has 0 saturated heterocycles. The number of likely N-dealkylation sites (N-methyl/N-ethyl adjacent to an activating group) is 1. The number of nitrogens with zero attached hydrogens (tertiary/aromatic N) is 4. The average molecular weight is 602 g/mol. The Balaban J connectivity index is 1.51. The summed E-state index contributed by atoms with van der Waals surface area (Å²) in [6, 6.07) is 17.7. The number of para-hydroxylation sites is 2. The Morgan fingerprint density at radius 2 is 1.43 bits per heavy atom. The van der Waals surface area contributed by atoms with E-state index in [0.717, 1.165) is 54.5 Å². The maximum atomic E-state index is 11.0. The molecule has 0 amide bonds. The summed E-state index contributed by atoms with van der Waals surface area (Å²) in [6.07, 6.45) is 9.39. The summed E-state index contributed by atoms with van der Waals surface area (Å²) in [4.78, 5) is 13.5. The number of benzene rings is 2. The predicted octanol–water partition coefficient (Wildman–Crippen LogP) is 6.73. The van der Waals surface area contributed by atoms with Crippen LogP contribution in [-0.2, 0) is 15.6 Å². The van der Waals surface area contributed by atoms with Crippen molar-refractivity contribution in [1.29, 1.82) is 0 Å². The van der Waals surface area contributed by atoms with Crippen molar-refractivity contribution >= 4 is 23.1 Å². The second-order valence-electron chi connectivity index (χ2n) is 15.1. The lowest BCUT2D eigenvalue weighted by Gasteiger charge is -2.33. The van der Waals surface area contributed by atoms with Gasteiger partial charge in [0.05, 0.1) is 72.6 Å². The molecule has 0 saturated carbocycles. The molecule has 44 heavy (non-hydrogen) atoms. The highest BCUT2D eigenvalue weighted by Crippen LogP contribution is 2.47. The van der Waals surface area contributed by atoms with Gasteiger partial charge in [-0.1, -0.05) is 56.3 Å². The van der Waals surface area contributed by atoms with Crippen molar-refractivity contribution < 1.29 is 23.4 Å². The van der Waals surface area contributed by atoms with Gasteiger partial charge < -0.3 is 19.0 Å². The maximum Gasteiger partial charge on any atom is 0.309 e. The van der Waals surface area contributed by atoms with Crippen LogP contribution in [0.2, 0.25) is 0 Å². The van der Waals surface area contributed by atoms with Crippen molar-refractivity contribution in [3.8, 4) is 0 Å². The van der Waals surface area contributed by atoms with E-state index in [9.17, 15) is 4.79 Å². The van der Waals surface area contributed by atoms with Crippen molar-refractivity contribution in [3.05, 3.63) is 83.6 Å². The Kier molecular flexibility index (Phi) is 9.96. The Bertz CT molecular complexity index is 1440. The van der Waals surface area contributed by atoms with E-state index in [1.807, 2.05) is 0 Å². The summed E-state index contributed by atoms with van der Waals surface area (Å²) >= 11 is 0. The van der Waals surface area contributed by atoms with Crippen molar-refractivity contribution in [2.45, 2.75) is 64.7 Å². The van der Waals surface area contributed by atoms with Gasteiger partial charge >= 0.3 is 5.97 Å². The second-order valence-corrected chi connectivity index (χ2v) is 15.1. The van der Waals surface area contributed by atoms with Crippen LogP contribution in [0.25, 0.3) is 0 Å². The predicted molar refractivity (Wildman–Crippen MR) is 184 cm³/mol. The monoisotopic (exact) mass is 601 g/mol. The van der Waals surface area contributed by atoms with E-state index in [4.69, 9.17) is 5.11 Å². The Morgan fingerprint density at radius 3 is 2.09 bits per heavy atom. The summed E-state index contributed by atoms with van der Waals surface area (Å²) in [6.45, 7) is 17.4. The fraction of sp³-hybridized carbons (Fsp3) is 0.526. The fourth-order valence-corrected chi connectivity index (χ4v) is 7.30. The highest BCUT2D eigenvalue weighted by molar-refractivity contribution is 6.03. The zero-order chi connectivity index (χ0) is 32.3. The molecule has 4 rings (SSSR count). The summed E-state index contributed by atoms with van der Waals surface area (Å²) in [5, 5.41) is 9.08. The van der Waals surface area contributed by atoms with Gasteiger partial charge in [0.1, 0.15) is 0 Å². The fourth-order valence-electron chi connectivity index (χ4n) is 7.30. The average Bonchev–Trinajstić information content (AvgIpc) is 3.30. The smallest absolute Gasteiger partial charge is 0.309 e. The quantitative estimate of drug-likeness (QED) is 0.193. The lowest BCUT2D eigenvalue weighted by atomic mass is 9.81. The highest BCUT2D eigenvalue weighted by atomic mass is 16.4. The van der Waals surface area contributed by atoms with Gasteiger partial charge in [0, 0.05) is 47.5 Å². The Morgan fingerprint density at radius 1 is 0.841 bits per heavy atom. The molecule has 0 aromatic heterocycles. The van der Waals surface area contributed by atoms with E-state index in [0.29, 0.717) is 6.54 Å². The van der Waals surface area contributed by atoms with Gasteiger partial charge in [-0.3, -0.25) is 4.79 Å². The summed E-state index contributed by atoms with van der Waals surface area (Å²) in [7, 11) is 8.94. The van der Waals surface area contributed by atoms with E-state index in [1.165, 1.54) is 33.9 Å². The number of anilines is 1. The first-order valence-electron chi connectivity index (χ1n) is 16.5. The number of carboxylic acid groups (broad SMARTS) is 1. The lowest BCUT2D eigenvalue weighted by molar-refractivity contribution is -0.909. The molecule has 2 aromatic carbocycles. The minimum Gasteiger partial charge on any atom is -0.481 e. The number of allylic oxidation sites excluding steroid dienone is 4. The third-order valence-corrected chi connectivity index (χ3v) is 10.0. The van der Waals surface area contributed by atoms with Gasteiger partial charge in [0.25, 0.3) is 0 Å².